The number of carbonyl (C=O) groups is 2. The molecule has 1 heterocycles. The summed E-state index contributed by atoms with van der Waals surface area (Å²) in [5, 5.41) is 15.5. The quantitative estimate of drug-likeness (QED) is 0.758. The van der Waals surface area contributed by atoms with E-state index in [0.717, 1.165) is 24.8 Å². The Kier molecular flexibility index (Phi) is 4.67. The van der Waals surface area contributed by atoms with E-state index in [1.54, 1.807) is 12.1 Å². The fraction of sp³-hybridized carbons (Fsp3) is 0.389. The zero-order chi connectivity index (χ0) is 18.4. The van der Waals surface area contributed by atoms with Crippen molar-refractivity contribution in [3.05, 3.63) is 33.6 Å². The molecule has 4 rings (SSSR count). The van der Waals surface area contributed by atoms with Crippen LogP contribution < -0.4 is 5.32 Å². The summed E-state index contributed by atoms with van der Waals surface area (Å²) in [5.41, 5.74) is 1.49. The van der Waals surface area contributed by atoms with Crippen LogP contribution >= 0.6 is 34.5 Å². The largest absolute Gasteiger partial charge is 0.481 e. The SMILES string of the molecule is O=C(O)[C@@H]1[C@@H]2CC[C@@H](C2)[C@@H]1C(=O)Nc1nc(-c2ccc(Cl)c(Cl)c2)cs1. The van der Waals surface area contributed by atoms with E-state index in [0.29, 0.717) is 20.9 Å². The number of aliphatic carboxylic acids is 1. The van der Waals surface area contributed by atoms with Crippen molar-refractivity contribution in [3.63, 3.8) is 0 Å². The Balaban J connectivity index is 1.51. The minimum absolute atomic E-state index is 0.122. The van der Waals surface area contributed by atoms with Gasteiger partial charge in [-0.1, -0.05) is 29.3 Å². The molecule has 0 unspecified atom stereocenters. The first-order valence-corrected chi connectivity index (χ1v) is 10.0. The molecule has 2 fully saturated rings. The first kappa shape index (κ1) is 17.8. The van der Waals surface area contributed by atoms with Crippen LogP contribution in [-0.2, 0) is 9.59 Å². The number of nitrogens with zero attached hydrogens (tertiary/aromatic N) is 1. The van der Waals surface area contributed by atoms with Crippen molar-refractivity contribution in [1.82, 2.24) is 4.98 Å². The fourth-order valence-electron chi connectivity index (χ4n) is 4.33. The van der Waals surface area contributed by atoms with Crippen molar-refractivity contribution in [2.75, 3.05) is 5.32 Å². The summed E-state index contributed by atoms with van der Waals surface area (Å²) in [6.07, 6.45) is 2.67. The summed E-state index contributed by atoms with van der Waals surface area (Å²) in [7, 11) is 0. The van der Waals surface area contributed by atoms with Gasteiger partial charge in [0.1, 0.15) is 0 Å². The zero-order valence-corrected chi connectivity index (χ0v) is 15.9. The van der Waals surface area contributed by atoms with Gasteiger partial charge in [0.15, 0.2) is 5.13 Å². The zero-order valence-electron chi connectivity index (χ0n) is 13.6. The molecule has 0 aliphatic heterocycles. The summed E-state index contributed by atoms with van der Waals surface area (Å²) < 4.78 is 0. The van der Waals surface area contributed by atoms with Crippen molar-refractivity contribution in [1.29, 1.82) is 0 Å². The third-order valence-electron chi connectivity index (χ3n) is 5.45. The number of aromatic nitrogens is 1. The topological polar surface area (TPSA) is 79.3 Å². The average Bonchev–Trinajstić information content (AvgIpc) is 3.32. The third-order valence-corrected chi connectivity index (χ3v) is 6.95. The van der Waals surface area contributed by atoms with Crippen molar-refractivity contribution >= 4 is 51.5 Å². The molecule has 2 bridgehead atoms. The number of carbonyl (C=O) groups excluding carboxylic acids is 1. The molecule has 0 spiro atoms. The normalized spacial score (nSPS) is 26.8. The number of carboxylic acids is 1. The Morgan fingerprint density at radius 1 is 1.15 bits per heavy atom. The molecule has 1 amide bonds. The molecule has 1 aromatic carbocycles. The van der Waals surface area contributed by atoms with Gasteiger partial charge < -0.3 is 10.4 Å². The van der Waals surface area contributed by atoms with E-state index >= 15 is 0 Å². The van der Waals surface area contributed by atoms with Crippen molar-refractivity contribution in [2.45, 2.75) is 19.3 Å². The Labute approximate surface area is 164 Å². The van der Waals surface area contributed by atoms with Gasteiger partial charge in [-0.25, -0.2) is 4.98 Å². The highest BCUT2D eigenvalue weighted by atomic mass is 35.5. The molecule has 1 aromatic heterocycles. The number of amides is 1. The maximum absolute atomic E-state index is 12.7. The molecule has 136 valence electrons. The van der Waals surface area contributed by atoms with Gasteiger partial charge in [-0.15, -0.1) is 11.3 Å². The van der Waals surface area contributed by atoms with Gasteiger partial charge in [0.25, 0.3) is 0 Å². The van der Waals surface area contributed by atoms with Crippen LogP contribution in [0.25, 0.3) is 11.3 Å². The monoisotopic (exact) mass is 410 g/mol. The number of halogens is 2. The lowest BCUT2D eigenvalue weighted by Crippen LogP contribution is -2.37. The number of hydrogen-bond acceptors (Lipinski definition) is 4. The van der Waals surface area contributed by atoms with Gasteiger partial charge in [0, 0.05) is 10.9 Å². The smallest absolute Gasteiger partial charge is 0.307 e. The number of hydrogen-bond donors (Lipinski definition) is 2. The van der Waals surface area contributed by atoms with Gasteiger partial charge in [-0.2, -0.15) is 0 Å². The first-order valence-electron chi connectivity index (χ1n) is 8.38. The molecule has 4 atom stereocenters. The van der Waals surface area contributed by atoms with E-state index in [-0.39, 0.29) is 17.7 Å². The minimum atomic E-state index is -0.868. The first-order chi connectivity index (χ1) is 12.4. The van der Waals surface area contributed by atoms with Crippen LogP contribution in [0.1, 0.15) is 19.3 Å². The maximum atomic E-state index is 12.7. The molecule has 2 aromatic rings. The highest BCUT2D eigenvalue weighted by Gasteiger charge is 2.54. The number of nitrogens with one attached hydrogen (secondary N) is 1. The fourth-order valence-corrected chi connectivity index (χ4v) is 5.35. The second-order valence-corrected chi connectivity index (χ2v) is 8.55. The molecule has 2 aliphatic carbocycles. The molecule has 2 aliphatic rings. The number of benzene rings is 1. The van der Waals surface area contributed by atoms with Crippen molar-refractivity contribution in [3.8, 4) is 11.3 Å². The number of rotatable bonds is 4. The predicted octanol–water partition coefficient (Wildman–Crippen LogP) is 4.80. The van der Waals surface area contributed by atoms with Crippen molar-refractivity contribution in [2.24, 2.45) is 23.7 Å². The lowest BCUT2D eigenvalue weighted by atomic mass is 9.79. The van der Waals surface area contributed by atoms with Gasteiger partial charge >= 0.3 is 5.97 Å². The third kappa shape index (κ3) is 3.10. The maximum Gasteiger partial charge on any atom is 0.307 e. The molecule has 26 heavy (non-hydrogen) atoms. The van der Waals surface area contributed by atoms with E-state index in [9.17, 15) is 14.7 Å². The molecule has 2 N–H and O–H groups in total. The summed E-state index contributed by atoms with van der Waals surface area (Å²) >= 11 is 13.3. The molecule has 0 radical (unpaired) electrons. The average molecular weight is 411 g/mol. The van der Waals surface area contributed by atoms with Crippen LogP contribution in [0.4, 0.5) is 5.13 Å². The van der Waals surface area contributed by atoms with E-state index < -0.39 is 17.8 Å². The Morgan fingerprint density at radius 3 is 2.58 bits per heavy atom. The van der Waals surface area contributed by atoms with Gasteiger partial charge in [-0.3, -0.25) is 9.59 Å². The number of carboxylic acid groups (broad SMARTS) is 1. The highest BCUT2D eigenvalue weighted by Crippen LogP contribution is 2.52. The second kappa shape index (κ2) is 6.83. The van der Waals surface area contributed by atoms with E-state index in [1.165, 1.54) is 11.3 Å². The minimum Gasteiger partial charge on any atom is -0.481 e. The number of anilines is 1. The summed E-state index contributed by atoms with van der Waals surface area (Å²) in [5.74, 6) is -1.87. The Morgan fingerprint density at radius 2 is 1.88 bits per heavy atom. The van der Waals surface area contributed by atoms with Crippen LogP contribution in [0, 0.1) is 23.7 Å². The highest BCUT2D eigenvalue weighted by molar-refractivity contribution is 7.14. The van der Waals surface area contributed by atoms with Crippen LogP contribution in [0.15, 0.2) is 23.6 Å². The van der Waals surface area contributed by atoms with E-state index in [1.807, 2.05) is 11.4 Å². The lowest BCUT2D eigenvalue weighted by Gasteiger charge is -2.26. The lowest BCUT2D eigenvalue weighted by molar-refractivity contribution is -0.148. The molecule has 2 saturated carbocycles. The molecule has 5 nitrogen and oxygen atoms in total. The number of thiazole rings is 1. The van der Waals surface area contributed by atoms with Crippen molar-refractivity contribution < 1.29 is 14.7 Å². The van der Waals surface area contributed by atoms with Crippen LogP contribution in [-0.4, -0.2) is 22.0 Å². The summed E-state index contributed by atoms with van der Waals surface area (Å²) in [6, 6.07) is 5.23. The summed E-state index contributed by atoms with van der Waals surface area (Å²) in [6.45, 7) is 0. The van der Waals surface area contributed by atoms with E-state index in [2.05, 4.69) is 10.3 Å². The van der Waals surface area contributed by atoms with Crippen LogP contribution in [0.3, 0.4) is 0 Å². The second-order valence-electron chi connectivity index (χ2n) is 6.88. The Bertz CT molecular complexity index is 885. The predicted molar refractivity (Wildman–Crippen MR) is 102 cm³/mol. The molecule has 8 heteroatoms. The molecule has 0 saturated heterocycles. The Hall–Kier alpha value is -1.63. The standard InChI is InChI=1S/C18H16Cl2N2O3S/c19-11-4-3-8(6-12(11)20)13-7-26-18(21-13)22-16(23)14-9-1-2-10(5-9)15(14)17(24)25/h3-4,6-7,9-10,14-15H,1-2,5H2,(H,24,25)(H,21,22,23)/t9-,10+,14-,15+/m0/s1. The summed E-state index contributed by atoms with van der Waals surface area (Å²) in [4.78, 5) is 28.7. The van der Waals surface area contributed by atoms with Gasteiger partial charge in [0.2, 0.25) is 5.91 Å². The molecular weight excluding hydrogens is 395 g/mol. The van der Waals surface area contributed by atoms with Crippen LogP contribution in [0.2, 0.25) is 10.0 Å². The van der Waals surface area contributed by atoms with Gasteiger partial charge in [-0.05, 0) is 43.2 Å². The number of fused-ring (bicyclic) bond motifs is 2. The molecular formula is C18H16Cl2N2O3S. The van der Waals surface area contributed by atoms with E-state index in [4.69, 9.17) is 23.2 Å². The van der Waals surface area contributed by atoms with Crippen LogP contribution in [0.5, 0.6) is 0 Å². The van der Waals surface area contributed by atoms with Gasteiger partial charge in [0.05, 0.1) is 27.6 Å².